The van der Waals surface area contributed by atoms with Crippen molar-refractivity contribution >= 4 is 28.2 Å². The number of amides is 1. The highest BCUT2D eigenvalue weighted by atomic mass is 19.1. The molecule has 5 aromatic rings. The molecule has 1 fully saturated rings. The topological polar surface area (TPSA) is 112 Å². The lowest BCUT2D eigenvalue weighted by Crippen LogP contribution is -2.41. The van der Waals surface area contributed by atoms with Gasteiger partial charge in [0.15, 0.2) is 0 Å². The molecular formula is C25H22FN7O3. The molecule has 36 heavy (non-hydrogen) atoms. The third kappa shape index (κ3) is 2.88. The van der Waals surface area contributed by atoms with Gasteiger partial charge in [-0.1, -0.05) is 18.2 Å². The number of fused-ring (bicyclic) bond motifs is 3. The van der Waals surface area contributed by atoms with Crippen molar-refractivity contribution in [2.24, 2.45) is 14.1 Å². The van der Waals surface area contributed by atoms with Crippen molar-refractivity contribution in [3.8, 4) is 22.4 Å². The number of halogens is 1. The van der Waals surface area contributed by atoms with Gasteiger partial charge in [-0.15, -0.1) is 5.10 Å². The van der Waals surface area contributed by atoms with E-state index in [2.05, 4.69) is 20.4 Å². The number of hydrogen-bond donors (Lipinski definition) is 2. The molecule has 3 aliphatic rings. The van der Waals surface area contributed by atoms with Crippen LogP contribution in [0.3, 0.4) is 0 Å². The number of aromatic amines is 1. The maximum absolute atomic E-state index is 15.0. The van der Waals surface area contributed by atoms with E-state index < -0.39 is 12.0 Å². The van der Waals surface area contributed by atoms with E-state index in [1.54, 1.807) is 35.6 Å². The third-order valence-corrected chi connectivity index (χ3v) is 7.29. The molecule has 10 nitrogen and oxygen atoms in total. The summed E-state index contributed by atoms with van der Waals surface area (Å²) in [6, 6.07) is 7.52. The van der Waals surface area contributed by atoms with Gasteiger partial charge < -0.3 is 15.0 Å². The monoisotopic (exact) mass is 487 g/mol. The molecule has 8 rings (SSSR count). The Morgan fingerprint density at radius 3 is 2.81 bits per heavy atom. The second kappa shape index (κ2) is 7.30. The zero-order chi connectivity index (χ0) is 24.7. The average Bonchev–Trinajstić information content (AvgIpc) is 3.46. The molecule has 2 aliphatic heterocycles. The van der Waals surface area contributed by atoms with E-state index in [0.717, 1.165) is 27.6 Å². The summed E-state index contributed by atoms with van der Waals surface area (Å²) in [5, 5.41) is 7.45. The van der Waals surface area contributed by atoms with Crippen LogP contribution in [0.4, 0.5) is 9.18 Å². The molecule has 0 spiro atoms. The van der Waals surface area contributed by atoms with Crippen molar-refractivity contribution < 1.29 is 13.9 Å². The molecule has 0 radical (unpaired) electrons. The largest absolute Gasteiger partial charge is 0.446 e. The lowest BCUT2D eigenvalue weighted by Gasteiger charge is -2.35. The summed E-state index contributed by atoms with van der Waals surface area (Å²) < 4.78 is 25.3. The standard InChI is InChI=1S/C25H22FN7O3/c1-31-11-16(22(26)30-31)20-18-13-5-3-4-12(6-13)9-28-24(34)36-15-7-14(8-15)33-21-17(32(2)25(33)35)10-27-23(29-20)19(18)21/h3-6,10-11,14-15H,7-9H2,1-2H3,(H,27,29)(H,28,34). The molecule has 1 amide bonds. The summed E-state index contributed by atoms with van der Waals surface area (Å²) in [6.07, 6.45) is 3.60. The first-order chi connectivity index (χ1) is 17.4. The van der Waals surface area contributed by atoms with Gasteiger partial charge in [-0.25, -0.2) is 14.6 Å². The normalized spacial score (nSPS) is 19.2. The maximum Gasteiger partial charge on any atom is 0.407 e. The molecule has 1 aromatic carbocycles. The molecule has 6 heterocycles. The summed E-state index contributed by atoms with van der Waals surface area (Å²) in [5.41, 5.74) is 5.00. The van der Waals surface area contributed by atoms with Crippen LogP contribution in [0.1, 0.15) is 24.4 Å². The van der Waals surface area contributed by atoms with Crippen molar-refractivity contribution in [1.29, 1.82) is 0 Å². The van der Waals surface area contributed by atoms with E-state index in [-0.39, 0.29) is 24.4 Å². The van der Waals surface area contributed by atoms with E-state index in [4.69, 9.17) is 4.74 Å². The minimum absolute atomic E-state index is 0.139. The Morgan fingerprint density at radius 1 is 1.19 bits per heavy atom. The van der Waals surface area contributed by atoms with E-state index in [0.29, 0.717) is 35.3 Å². The molecule has 4 bridgehead atoms. The van der Waals surface area contributed by atoms with Crippen LogP contribution in [-0.2, 0) is 25.4 Å². The molecule has 11 heteroatoms. The fourth-order valence-corrected chi connectivity index (χ4v) is 5.49. The number of nitrogens with one attached hydrogen (secondary N) is 2. The number of carbonyl (C=O) groups excluding carboxylic acids is 1. The number of nitrogens with zero attached hydrogens (tertiary/aromatic N) is 5. The van der Waals surface area contributed by atoms with E-state index in [9.17, 15) is 14.0 Å². The number of ether oxygens (including phenoxy) is 1. The van der Waals surface area contributed by atoms with Crippen LogP contribution in [-0.4, -0.2) is 41.1 Å². The number of aryl methyl sites for hydroxylation is 2. The van der Waals surface area contributed by atoms with E-state index in [1.807, 2.05) is 24.3 Å². The zero-order valence-corrected chi connectivity index (χ0v) is 19.6. The highest BCUT2D eigenvalue weighted by Gasteiger charge is 2.37. The average molecular weight is 487 g/mol. The molecular weight excluding hydrogens is 465 g/mol. The minimum Gasteiger partial charge on any atom is -0.446 e. The van der Waals surface area contributed by atoms with Crippen molar-refractivity contribution in [3.05, 3.63) is 58.7 Å². The number of carbonyl (C=O) groups is 1. The van der Waals surface area contributed by atoms with Crippen molar-refractivity contribution in [1.82, 2.24) is 34.2 Å². The van der Waals surface area contributed by atoms with Crippen LogP contribution >= 0.6 is 0 Å². The van der Waals surface area contributed by atoms with Gasteiger partial charge >= 0.3 is 11.8 Å². The number of H-pyrrole nitrogens is 1. The number of benzene rings is 1. The highest BCUT2D eigenvalue weighted by Crippen LogP contribution is 2.44. The number of aromatic nitrogens is 6. The summed E-state index contributed by atoms with van der Waals surface area (Å²) in [4.78, 5) is 33.7. The first-order valence-corrected chi connectivity index (χ1v) is 11.7. The van der Waals surface area contributed by atoms with Gasteiger partial charge in [0, 0.05) is 51.3 Å². The number of pyridine rings is 1. The quantitative estimate of drug-likeness (QED) is 0.377. The second-order valence-electron chi connectivity index (χ2n) is 9.52. The fraction of sp³-hybridized carbons (Fsp3) is 0.280. The summed E-state index contributed by atoms with van der Waals surface area (Å²) >= 11 is 0. The highest BCUT2D eigenvalue weighted by molar-refractivity contribution is 6.14. The Balaban J connectivity index is 1.63. The number of imidazole rings is 1. The van der Waals surface area contributed by atoms with Crippen LogP contribution in [0.2, 0.25) is 0 Å². The number of rotatable bonds is 1. The predicted molar refractivity (Wildman–Crippen MR) is 130 cm³/mol. The van der Waals surface area contributed by atoms with E-state index in [1.165, 1.54) is 4.68 Å². The first-order valence-electron chi connectivity index (χ1n) is 11.7. The molecule has 182 valence electrons. The lowest BCUT2D eigenvalue weighted by molar-refractivity contribution is 0.0217. The van der Waals surface area contributed by atoms with Crippen molar-refractivity contribution in [2.45, 2.75) is 31.5 Å². The second-order valence-corrected chi connectivity index (χ2v) is 9.52. The molecule has 1 saturated carbocycles. The smallest absolute Gasteiger partial charge is 0.407 e. The first kappa shape index (κ1) is 20.9. The Hall–Kier alpha value is -4.41. The van der Waals surface area contributed by atoms with Gasteiger partial charge in [-0.3, -0.25) is 13.8 Å². The van der Waals surface area contributed by atoms with Crippen LogP contribution in [0, 0.1) is 5.95 Å². The molecule has 1 aliphatic carbocycles. The van der Waals surface area contributed by atoms with Gasteiger partial charge in [-0.2, -0.15) is 4.39 Å². The number of hydrogen-bond acceptors (Lipinski definition) is 5. The fourth-order valence-electron chi connectivity index (χ4n) is 5.49. The summed E-state index contributed by atoms with van der Waals surface area (Å²) in [6.45, 7) is 0.283. The van der Waals surface area contributed by atoms with Gasteiger partial charge in [0.05, 0.1) is 33.9 Å². The maximum atomic E-state index is 15.0. The van der Waals surface area contributed by atoms with Crippen LogP contribution in [0.15, 0.2) is 41.5 Å². The van der Waals surface area contributed by atoms with Crippen molar-refractivity contribution in [3.63, 3.8) is 0 Å². The Kier molecular flexibility index (Phi) is 4.24. The zero-order valence-electron chi connectivity index (χ0n) is 19.6. The summed E-state index contributed by atoms with van der Waals surface area (Å²) in [7, 11) is 3.38. The Morgan fingerprint density at radius 2 is 2.03 bits per heavy atom. The molecule has 2 N–H and O–H groups in total. The summed E-state index contributed by atoms with van der Waals surface area (Å²) in [5.74, 6) is -0.608. The van der Waals surface area contributed by atoms with Crippen molar-refractivity contribution in [2.75, 3.05) is 0 Å². The predicted octanol–water partition coefficient (Wildman–Crippen LogP) is 3.37. The van der Waals surface area contributed by atoms with Crippen LogP contribution in [0.5, 0.6) is 0 Å². The van der Waals surface area contributed by atoms with Crippen LogP contribution < -0.4 is 11.0 Å². The number of alkyl carbamates (subject to hydrolysis) is 1. The van der Waals surface area contributed by atoms with Gasteiger partial charge in [-0.05, 0) is 17.2 Å². The molecule has 0 atom stereocenters. The Bertz CT molecular complexity index is 1770. The van der Waals surface area contributed by atoms with Crippen LogP contribution in [0.25, 0.3) is 44.5 Å². The van der Waals surface area contributed by atoms with Gasteiger partial charge in [0.2, 0.25) is 5.95 Å². The lowest BCUT2D eigenvalue weighted by atomic mass is 9.88. The van der Waals surface area contributed by atoms with Gasteiger partial charge in [0.1, 0.15) is 11.8 Å². The Labute approximate surface area is 203 Å². The third-order valence-electron chi connectivity index (χ3n) is 7.29. The van der Waals surface area contributed by atoms with E-state index >= 15 is 0 Å². The molecule has 4 aromatic heterocycles. The SMILES string of the molecule is Cn1cc(-c2[nH]c3ncc4c5c3c2-c2cccc(c2)CNC(=O)OC2CC(C2)n5c(=O)n4C)c(F)n1. The molecule has 0 unspecified atom stereocenters. The molecule has 0 saturated heterocycles. The minimum atomic E-state index is -0.608. The van der Waals surface area contributed by atoms with Gasteiger partial charge in [0.25, 0.3) is 0 Å².